The Labute approximate surface area is 128 Å². The van der Waals surface area contributed by atoms with Crippen molar-refractivity contribution in [1.82, 2.24) is 4.98 Å². The first-order chi connectivity index (χ1) is 9.51. The molecule has 0 aliphatic heterocycles. The number of hydrogen-bond donors (Lipinski definition) is 1. The third-order valence-corrected chi connectivity index (χ3v) is 3.73. The number of pyridine rings is 1. The second-order valence-corrected chi connectivity index (χ2v) is 5.69. The van der Waals surface area contributed by atoms with Crippen LogP contribution in [-0.2, 0) is 6.42 Å². The van der Waals surface area contributed by atoms with Crippen LogP contribution in [0.5, 0.6) is 11.5 Å². The smallest absolute Gasteiger partial charge is 0.148 e. The van der Waals surface area contributed by atoms with Crippen LogP contribution in [-0.4, -0.2) is 4.98 Å². The summed E-state index contributed by atoms with van der Waals surface area (Å²) in [5.41, 5.74) is 8.91. The van der Waals surface area contributed by atoms with Crippen molar-refractivity contribution in [3.8, 4) is 11.5 Å². The van der Waals surface area contributed by atoms with Gasteiger partial charge < -0.3 is 10.5 Å². The van der Waals surface area contributed by atoms with Crippen LogP contribution in [0.1, 0.15) is 36.8 Å². The molecule has 0 fully saturated rings. The van der Waals surface area contributed by atoms with Gasteiger partial charge in [-0.2, -0.15) is 0 Å². The summed E-state index contributed by atoms with van der Waals surface area (Å²) in [5.74, 6) is 1.57. The zero-order chi connectivity index (χ0) is 14.7. The van der Waals surface area contributed by atoms with E-state index in [1.807, 2.05) is 44.2 Å². The topological polar surface area (TPSA) is 48.1 Å². The van der Waals surface area contributed by atoms with E-state index >= 15 is 0 Å². The van der Waals surface area contributed by atoms with Gasteiger partial charge in [0.05, 0.1) is 10.2 Å². The molecule has 2 N–H and O–H groups in total. The van der Waals surface area contributed by atoms with Crippen LogP contribution in [0.2, 0.25) is 0 Å². The summed E-state index contributed by atoms with van der Waals surface area (Å²) in [6.07, 6.45) is 0.840. The predicted molar refractivity (Wildman–Crippen MR) is 85.2 cm³/mol. The average molecular weight is 335 g/mol. The molecule has 0 unspecified atom stereocenters. The SMILES string of the molecule is CCc1nc(C)ccc1Oc1ccc([C@H](C)N)cc1Br. The Morgan fingerprint density at radius 2 is 1.95 bits per heavy atom. The number of hydrogen-bond acceptors (Lipinski definition) is 3. The van der Waals surface area contributed by atoms with E-state index in [1.165, 1.54) is 0 Å². The molecule has 3 nitrogen and oxygen atoms in total. The third kappa shape index (κ3) is 3.38. The number of ether oxygens (including phenoxy) is 1. The summed E-state index contributed by atoms with van der Waals surface area (Å²) in [6.45, 7) is 6.01. The van der Waals surface area contributed by atoms with Crippen molar-refractivity contribution in [2.75, 3.05) is 0 Å². The summed E-state index contributed by atoms with van der Waals surface area (Å²) in [4.78, 5) is 4.50. The Morgan fingerprint density at radius 3 is 2.55 bits per heavy atom. The normalized spacial score (nSPS) is 12.2. The zero-order valence-corrected chi connectivity index (χ0v) is 13.6. The van der Waals surface area contributed by atoms with E-state index in [-0.39, 0.29) is 6.04 Å². The summed E-state index contributed by atoms with van der Waals surface area (Å²) < 4.78 is 6.87. The lowest BCUT2D eigenvalue weighted by atomic mass is 10.1. The maximum absolute atomic E-state index is 5.97. The highest BCUT2D eigenvalue weighted by Gasteiger charge is 2.09. The predicted octanol–water partition coefficient (Wildman–Crippen LogP) is 4.53. The summed E-state index contributed by atoms with van der Waals surface area (Å²) in [5, 5.41) is 0. The Morgan fingerprint density at radius 1 is 1.25 bits per heavy atom. The van der Waals surface area contributed by atoms with E-state index in [1.54, 1.807) is 0 Å². The van der Waals surface area contributed by atoms with Crippen molar-refractivity contribution in [2.24, 2.45) is 5.73 Å². The molecule has 0 aliphatic rings. The largest absolute Gasteiger partial charge is 0.454 e. The second kappa shape index (κ2) is 6.37. The molecule has 1 aromatic heterocycles. The van der Waals surface area contributed by atoms with Crippen molar-refractivity contribution in [1.29, 1.82) is 0 Å². The van der Waals surface area contributed by atoms with Crippen molar-refractivity contribution < 1.29 is 4.74 Å². The van der Waals surface area contributed by atoms with Crippen LogP contribution in [0.25, 0.3) is 0 Å². The first kappa shape index (κ1) is 15.0. The zero-order valence-electron chi connectivity index (χ0n) is 12.0. The van der Waals surface area contributed by atoms with Crippen LogP contribution in [0, 0.1) is 6.92 Å². The van der Waals surface area contributed by atoms with Crippen LogP contribution in [0.15, 0.2) is 34.8 Å². The van der Waals surface area contributed by atoms with E-state index in [4.69, 9.17) is 10.5 Å². The molecule has 1 atom stereocenters. The number of benzene rings is 1. The van der Waals surface area contributed by atoms with Gasteiger partial charge in [-0.05, 0) is 66.0 Å². The molecule has 0 amide bonds. The molecular weight excluding hydrogens is 316 g/mol. The van der Waals surface area contributed by atoms with Crippen LogP contribution in [0.3, 0.4) is 0 Å². The molecule has 1 heterocycles. The van der Waals surface area contributed by atoms with Crippen LogP contribution >= 0.6 is 15.9 Å². The fourth-order valence-corrected chi connectivity index (χ4v) is 2.42. The molecule has 0 saturated heterocycles. The minimum atomic E-state index is 0.00703. The number of rotatable bonds is 4. The lowest BCUT2D eigenvalue weighted by molar-refractivity contribution is 0.469. The number of nitrogens with two attached hydrogens (primary N) is 1. The lowest BCUT2D eigenvalue weighted by Crippen LogP contribution is -2.04. The van der Waals surface area contributed by atoms with E-state index in [0.717, 1.165) is 39.3 Å². The molecule has 0 saturated carbocycles. The number of aryl methyl sites for hydroxylation is 2. The van der Waals surface area contributed by atoms with E-state index in [2.05, 4.69) is 27.8 Å². The van der Waals surface area contributed by atoms with E-state index in [9.17, 15) is 0 Å². The fourth-order valence-electron chi connectivity index (χ4n) is 1.95. The van der Waals surface area contributed by atoms with Gasteiger partial charge in [0.2, 0.25) is 0 Å². The van der Waals surface area contributed by atoms with Crippen molar-refractivity contribution >= 4 is 15.9 Å². The van der Waals surface area contributed by atoms with Gasteiger partial charge in [0.1, 0.15) is 11.5 Å². The highest BCUT2D eigenvalue weighted by Crippen LogP contribution is 2.33. The van der Waals surface area contributed by atoms with Crippen molar-refractivity contribution in [2.45, 2.75) is 33.2 Å². The highest BCUT2D eigenvalue weighted by atomic mass is 79.9. The number of halogens is 1. The average Bonchev–Trinajstić information content (AvgIpc) is 2.42. The molecule has 0 radical (unpaired) electrons. The molecule has 20 heavy (non-hydrogen) atoms. The molecular formula is C16H19BrN2O. The lowest BCUT2D eigenvalue weighted by Gasteiger charge is -2.13. The summed E-state index contributed by atoms with van der Waals surface area (Å²) in [7, 11) is 0. The van der Waals surface area contributed by atoms with Gasteiger partial charge in [0, 0.05) is 11.7 Å². The van der Waals surface area contributed by atoms with Gasteiger partial charge in [0.15, 0.2) is 0 Å². The van der Waals surface area contributed by atoms with Crippen LogP contribution < -0.4 is 10.5 Å². The molecule has 1 aromatic carbocycles. The number of nitrogens with zero attached hydrogens (tertiary/aromatic N) is 1. The van der Waals surface area contributed by atoms with Crippen LogP contribution in [0.4, 0.5) is 0 Å². The first-order valence-electron chi connectivity index (χ1n) is 6.70. The van der Waals surface area contributed by atoms with Gasteiger partial charge in [-0.3, -0.25) is 4.98 Å². The highest BCUT2D eigenvalue weighted by molar-refractivity contribution is 9.10. The monoisotopic (exact) mass is 334 g/mol. The Hall–Kier alpha value is -1.39. The Balaban J connectivity index is 2.30. The Bertz CT molecular complexity index is 611. The summed E-state index contributed by atoms with van der Waals surface area (Å²) in [6, 6.07) is 9.84. The molecule has 106 valence electrons. The van der Waals surface area contributed by atoms with E-state index < -0.39 is 0 Å². The molecule has 2 aromatic rings. The number of aromatic nitrogens is 1. The van der Waals surface area contributed by atoms with E-state index in [0.29, 0.717) is 0 Å². The standard InChI is InChI=1S/C16H19BrN2O/c1-4-14-16(7-5-10(2)19-14)20-15-8-6-12(11(3)18)9-13(15)17/h5-9,11H,4,18H2,1-3H3/t11-/m0/s1. The second-order valence-electron chi connectivity index (χ2n) is 4.83. The molecule has 4 heteroatoms. The van der Waals surface area contributed by atoms with Gasteiger partial charge >= 0.3 is 0 Å². The molecule has 0 bridgehead atoms. The maximum atomic E-state index is 5.97. The minimum absolute atomic E-state index is 0.00703. The molecule has 0 aliphatic carbocycles. The molecule has 2 rings (SSSR count). The van der Waals surface area contributed by atoms with Crippen molar-refractivity contribution in [3.05, 3.63) is 51.8 Å². The Kier molecular flexibility index (Phi) is 4.78. The van der Waals surface area contributed by atoms with Gasteiger partial charge in [0.25, 0.3) is 0 Å². The van der Waals surface area contributed by atoms with Gasteiger partial charge in [-0.15, -0.1) is 0 Å². The fraction of sp³-hybridized carbons (Fsp3) is 0.312. The minimum Gasteiger partial charge on any atom is -0.454 e. The molecule has 0 spiro atoms. The first-order valence-corrected chi connectivity index (χ1v) is 7.50. The van der Waals surface area contributed by atoms with Gasteiger partial charge in [-0.25, -0.2) is 0 Å². The third-order valence-electron chi connectivity index (χ3n) is 3.11. The summed E-state index contributed by atoms with van der Waals surface area (Å²) >= 11 is 3.53. The van der Waals surface area contributed by atoms with Crippen molar-refractivity contribution in [3.63, 3.8) is 0 Å². The quantitative estimate of drug-likeness (QED) is 0.893. The maximum Gasteiger partial charge on any atom is 0.148 e. The van der Waals surface area contributed by atoms with Gasteiger partial charge in [-0.1, -0.05) is 13.0 Å².